The van der Waals surface area contributed by atoms with E-state index in [2.05, 4.69) is 0 Å². The summed E-state index contributed by atoms with van der Waals surface area (Å²) in [5, 5.41) is 0.620. The minimum absolute atomic E-state index is 0.0267. The normalized spacial score (nSPS) is 21.6. The summed E-state index contributed by atoms with van der Waals surface area (Å²) in [6, 6.07) is 7.46. The minimum Gasteiger partial charge on any atom is -0.369 e. The van der Waals surface area contributed by atoms with E-state index < -0.39 is 0 Å². The molecule has 1 saturated heterocycles. The van der Waals surface area contributed by atoms with Crippen LogP contribution in [0.4, 0.5) is 0 Å². The lowest BCUT2D eigenvalue weighted by Gasteiger charge is -2.36. The summed E-state index contributed by atoms with van der Waals surface area (Å²) in [6.45, 7) is 2.61. The molecule has 22 heavy (non-hydrogen) atoms. The summed E-state index contributed by atoms with van der Waals surface area (Å²) in [5.41, 5.74) is 6.19. The van der Waals surface area contributed by atoms with Crippen LogP contribution in [0.25, 0.3) is 0 Å². The van der Waals surface area contributed by atoms with Gasteiger partial charge in [-0.2, -0.15) is 0 Å². The molecule has 6 heteroatoms. The first kappa shape index (κ1) is 16.8. The number of likely N-dealkylation sites (tertiary alicyclic amines) is 1. The maximum absolute atomic E-state index is 12.3. The number of halogens is 1. The van der Waals surface area contributed by atoms with Crippen LogP contribution < -0.4 is 5.73 Å². The predicted octanol–water partition coefficient (Wildman–Crippen LogP) is 1.97. The highest BCUT2D eigenvalue weighted by Crippen LogP contribution is 2.22. The summed E-state index contributed by atoms with van der Waals surface area (Å²) in [5.74, 6) is -0.726. The molecule has 5 nitrogen and oxygen atoms in total. The van der Waals surface area contributed by atoms with Gasteiger partial charge in [-0.15, -0.1) is 0 Å². The number of carbonyl (C=O) groups is 2. The monoisotopic (exact) mass is 324 g/mol. The molecule has 0 saturated carbocycles. The molecule has 1 aliphatic heterocycles. The molecule has 0 aromatic heterocycles. The van der Waals surface area contributed by atoms with Gasteiger partial charge in [0.2, 0.25) is 11.8 Å². The van der Waals surface area contributed by atoms with Crippen molar-refractivity contribution < 1.29 is 14.3 Å². The number of nitrogens with two attached hydrogens (primary N) is 1. The van der Waals surface area contributed by atoms with E-state index in [4.69, 9.17) is 22.1 Å². The molecule has 0 radical (unpaired) electrons. The van der Waals surface area contributed by atoms with Gasteiger partial charge >= 0.3 is 0 Å². The Morgan fingerprint density at radius 3 is 2.77 bits per heavy atom. The third-order valence-corrected chi connectivity index (χ3v) is 4.41. The first-order valence-corrected chi connectivity index (χ1v) is 7.76. The number of amides is 2. The van der Waals surface area contributed by atoms with Crippen LogP contribution in [0.3, 0.4) is 0 Å². The Kier molecular flexibility index (Phi) is 5.80. The Hall–Kier alpha value is -1.59. The zero-order chi connectivity index (χ0) is 16.1. The number of piperidine rings is 1. The van der Waals surface area contributed by atoms with Crippen molar-refractivity contribution in [2.24, 2.45) is 11.7 Å². The second-order valence-electron chi connectivity index (χ2n) is 5.66. The highest BCUT2D eigenvalue weighted by atomic mass is 35.5. The van der Waals surface area contributed by atoms with Crippen molar-refractivity contribution in [1.29, 1.82) is 0 Å². The van der Waals surface area contributed by atoms with E-state index in [1.807, 2.05) is 25.1 Å². The van der Waals surface area contributed by atoms with Gasteiger partial charge in [-0.1, -0.05) is 29.8 Å². The van der Waals surface area contributed by atoms with E-state index in [1.54, 1.807) is 11.0 Å². The maximum Gasteiger partial charge on any atom is 0.248 e. The molecular weight excluding hydrogens is 304 g/mol. The van der Waals surface area contributed by atoms with Crippen molar-refractivity contribution in [2.45, 2.75) is 32.4 Å². The molecule has 2 N–H and O–H groups in total. The average molecular weight is 325 g/mol. The molecule has 2 amide bonds. The standard InChI is InChI=1S/C16H21ClN2O3/c1-11-6-7-12(16(18)21)8-19(11)15(20)10-22-9-13-4-2-3-5-14(13)17/h2-5,11-12H,6-10H2,1H3,(H2,18,21)/t11-,12-/m1/s1. The molecule has 0 unspecified atom stereocenters. The van der Waals surface area contributed by atoms with Crippen molar-refractivity contribution in [2.75, 3.05) is 13.2 Å². The zero-order valence-electron chi connectivity index (χ0n) is 12.6. The van der Waals surface area contributed by atoms with Crippen LogP contribution in [0.1, 0.15) is 25.3 Å². The number of benzene rings is 1. The Morgan fingerprint density at radius 2 is 2.09 bits per heavy atom. The average Bonchev–Trinajstić information content (AvgIpc) is 2.49. The first-order chi connectivity index (χ1) is 10.5. The van der Waals surface area contributed by atoms with E-state index in [-0.39, 0.29) is 37.0 Å². The van der Waals surface area contributed by atoms with Crippen molar-refractivity contribution >= 4 is 23.4 Å². The molecule has 1 aromatic rings. The van der Waals surface area contributed by atoms with Crippen LogP contribution in [0.2, 0.25) is 5.02 Å². The van der Waals surface area contributed by atoms with E-state index in [1.165, 1.54) is 0 Å². The smallest absolute Gasteiger partial charge is 0.248 e. The van der Waals surface area contributed by atoms with Crippen molar-refractivity contribution in [3.8, 4) is 0 Å². The third-order valence-electron chi connectivity index (χ3n) is 4.05. The molecule has 0 spiro atoms. The van der Waals surface area contributed by atoms with Crippen LogP contribution in [0.15, 0.2) is 24.3 Å². The second-order valence-corrected chi connectivity index (χ2v) is 6.06. The van der Waals surface area contributed by atoms with Gasteiger partial charge in [0.05, 0.1) is 12.5 Å². The van der Waals surface area contributed by atoms with E-state index >= 15 is 0 Å². The quantitative estimate of drug-likeness (QED) is 0.900. The number of ether oxygens (including phenoxy) is 1. The maximum atomic E-state index is 12.3. The number of hydrogen-bond donors (Lipinski definition) is 1. The molecule has 1 heterocycles. The van der Waals surface area contributed by atoms with Crippen molar-refractivity contribution in [3.05, 3.63) is 34.9 Å². The highest BCUT2D eigenvalue weighted by molar-refractivity contribution is 6.31. The molecule has 1 aliphatic rings. The lowest BCUT2D eigenvalue weighted by atomic mass is 9.93. The van der Waals surface area contributed by atoms with E-state index in [0.29, 0.717) is 11.6 Å². The van der Waals surface area contributed by atoms with Gasteiger partial charge < -0.3 is 15.4 Å². The molecule has 2 rings (SSSR count). The van der Waals surface area contributed by atoms with Crippen LogP contribution in [0.5, 0.6) is 0 Å². The number of hydrogen-bond acceptors (Lipinski definition) is 3. The highest BCUT2D eigenvalue weighted by Gasteiger charge is 2.31. The second kappa shape index (κ2) is 7.61. The fourth-order valence-corrected chi connectivity index (χ4v) is 2.82. The summed E-state index contributed by atoms with van der Waals surface area (Å²) in [4.78, 5) is 25.3. The Balaban J connectivity index is 1.86. The van der Waals surface area contributed by atoms with Gasteiger partial charge in [0, 0.05) is 17.6 Å². The summed E-state index contributed by atoms with van der Waals surface area (Å²) >= 11 is 6.04. The predicted molar refractivity (Wildman–Crippen MR) is 84.2 cm³/mol. The van der Waals surface area contributed by atoms with Gasteiger partial charge in [-0.25, -0.2) is 0 Å². The van der Waals surface area contributed by atoms with Crippen LogP contribution in [-0.4, -0.2) is 35.9 Å². The van der Waals surface area contributed by atoms with Gasteiger partial charge in [-0.05, 0) is 31.4 Å². The molecule has 0 aliphatic carbocycles. The van der Waals surface area contributed by atoms with Gasteiger partial charge in [-0.3, -0.25) is 9.59 Å². The van der Waals surface area contributed by atoms with E-state index in [9.17, 15) is 9.59 Å². The van der Waals surface area contributed by atoms with Crippen LogP contribution in [-0.2, 0) is 20.9 Å². The van der Waals surface area contributed by atoms with Crippen LogP contribution in [0, 0.1) is 5.92 Å². The molecule has 2 atom stereocenters. The fourth-order valence-electron chi connectivity index (χ4n) is 2.63. The lowest BCUT2D eigenvalue weighted by molar-refractivity contribution is -0.142. The fraction of sp³-hybridized carbons (Fsp3) is 0.500. The Morgan fingerprint density at radius 1 is 1.36 bits per heavy atom. The third kappa shape index (κ3) is 4.21. The topological polar surface area (TPSA) is 72.6 Å². The summed E-state index contributed by atoms with van der Waals surface area (Å²) in [7, 11) is 0. The van der Waals surface area contributed by atoms with Gasteiger partial charge in [0.1, 0.15) is 6.61 Å². The molecule has 1 fully saturated rings. The summed E-state index contributed by atoms with van der Waals surface area (Å²) in [6.07, 6.45) is 1.52. The van der Waals surface area contributed by atoms with Crippen molar-refractivity contribution in [3.63, 3.8) is 0 Å². The van der Waals surface area contributed by atoms with E-state index in [0.717, 1.165) is 18.4 Å². The first-order valence-electron chi connectivity index (χ1n) is 7.39. The van der Waals surface area contributed by atoms with Gasteiger partial charge in [0.25, 0.3) is 0 Å². The summed E-state index contributed by atoms with van der Waals surface area (Å²) < 4.78 is 5.47. The van der Waals surface area contributed by atoms with Gasteiger partial charge in [0.15, 0.2) is 0 Å². The lowest BCUT2D eigenvalue weighted by Crippen LogP contribution is -2.49. The minimum atomic E-state index is -0.346. The zero-order valence-corrected chi connectivity index (χ0v) is 13.4. The molecule has 0 bridgehead atoms. The number of rotatable bonds is 5. The SMILES string of the molecule is C[C@@H]1CC[C@@H](C(N)=O)CN1C(=O)COCc1ccccc1Cl. The number of nitrogens with zero attached hydrogens (tertiary/aromatic N) is 1. The molecule has 120 valence electrons. The molecule has 1 aromatic carbocycles. The Labute approximate surface area is 135 Å². The van der Waals surface area contributed by atoms with Crippen molar-refractivity contribution in [1.82, 2.24) is 4.90 Å². The van der Waals surface area contributed by atoms with Crippen LogP contribution >= 0.6 is 11.6 Å². The Bertz CT molecular complexity index is 550. The number of carbonyl (C=O) groups excluding carboxylic acids is 2. The largest absolute Gasteiger partial charge is 0.369 e. The molecular formula is C16H21ClN2O3. The number of primary amides is 1.